The summed E-state index contributed by atoms with van der Waals surface area (Å²) in [4.78, 5) is 0. The van der Waals surface area contributed by atoms with Crippen LogP contribution in [0.3, 0.4) is 0 Å². The minimum atomic E-state index is 0.589. The molecule has 90 valence electrons. The average molecular weight is 226 g/mol. The third-order valence-electron chi connectivity index (χ3n) is 2.87. The van der Waals surface area contributed by atoms with Crippen LogP contribution in [-0.4, -0.2) is 0 Å². The topological polar surface area (TPSA) is 0 Å². The molecule has 0 N–H and O–H groups in total. The van der Waals surface area contributed by atoms with E-state index in [1.54, 1.807) is 0 Å². The quantitative estimate of drug-likeness (QED) is 0.580. The summed E-state index contributed by atoms with van der Waals surface area (Å²) in [6.45, 7) is 12.2. The second-order valence-corrected chi connectivity index (χ2v) is 4.69. The first-order chi connectivity index (χ1) is 8.09. The van der Waals surface area contributed by atoms with E-state index in [-0.39, 0.29) is 0 Å². The largest absolute Gasteiger partial charge is 0.0961 e. The Kier molecular flexibility index (Phi) is 5.48. The van der Waals surface area contributed by atoms with Gasteiger partial charge in [-0.1, -0.05) is 73.7 Å². The smallest absolute Gasteiger partial charge is 0.0187 e. The third-order valence-corrected chi connectivity index (χ3v) is 2.87. The highest BCUT2D eigenvalue weighted by molar-refractivity contribution is 5.24. The lowest BCUT2D eigenvalue weighted by Crippen LogP contribution is -1.93. The van der Waals surface area contributed by atoms with Crippen molar-refractivity contribution in [1.82, 2.24) is 0 Å². The molecule has 0 aromatic heterocycles. The van der Waals surface area contributed by atoms with E-state index in [1.165, 1.54) is 11.1 Å². The molecule has 0 spiro atoms. The van der Waals surface area contributed by atoms with Crippen LogP contribution in [-0.2, 0) is 0 Å². The molecule has 0 heterocycles. The van der Waals surface area contributed by atoms with Gasteiger partial charge in [0.1, 0.15) is 0 Å². The zero-order chi connectivity index (χ0) is 12.7. The lowest BCUT2D eigenvalue weighted by molar-refractivity contribution is 0.682. The molecule has 1 unspecified atom stereocenters. The van der Waals surface area contributed by atoms with Crippen molar-refractivity contribution in [2.24, 2.45) is 0 Å². The second-order valence-electron chi connectivity index (χ2n) is 4.69. The second kappa shape index (κ2) is 6.90. The van der Waals surface area contributed by atoms with Crippen LogP contribution in [0.5, 0.6) is 0 Å². The van der Waals surface area contributed by atoms with Crippen LogP contribution in [0.15, 0.2) is 66.8 Å². The average Bonchev–Trinajstić information content (AvgIpc) is 2.34. The van der Waals surface area contributed by atoms with E-state index in [2.05, 4.69) is 56.5 Å². The predicted octanol–water partition coefficient (Wildman–Crippen LogP) is 5.26. The Labute approximate surface area is 105 Å². The molecule has 1 aromatic rings. The van der Waals surface area contributed by atoms with Gasteiger partial charge in [0.25, 0.3) is 0 Å². The molecule has 0 aliphatic heterocycles. The minimum absolute atomic E-state index is 0.589. The normalized spacial score (nSPS) is 12.6. The molecule has 0 bridgehead atoms. The van der Waals surface area contributed by atoms with Crippen LogP contribution < -0.4 is 0 Å². The fourth-order valence-corrected chi connectivity index (χ4v) is 1.69. The van der Waals surface area contributed by atoms with Crippen molar-refractivity contribution in [2.45, 2.75) is 32.6 Å². The van der Waals surface area contributed by atoms with E-state index >= 15 is 0 Å². The molecule has 1 rings (SSSR count). The van der Waals surface area contributed by atoms with Gasteiger partial charge in [-0.3, -0.25) is 0 Å². The van der Waals surface area contributed by atoms with Crippen molar-refractivity contribution in [2.75, 3.05) is 0 Å². The van der Waals surface area contributed by atoms with Gasteiger partial charge in [-0.05, 0) is 31.2 Å². The van der Waals surface area contributed by atoms with Gasteiger partial charge < -0.3 is 0 Å². The maximum atomic E-state index is 4.06. The Balaban J connectivity index is 2.41. The molecule has 0 amide bonds. The molecule has 1 atom stereocenters. The van der Waals surface area contributed by atoms with Crippen molar-refractivity contribution in [3.05, 3.63) is 72.4 Å². The van der Waals surface area contributed by atoms with E-state index < -0.39 is 0 Å². The standard InChI is InChI=1S/C17H22/c1-14(2)10-11-15(3)12-13-16(4)17-8-6-5-7-9-17/h5-11,16H,1,3,12-13H2,2,4H3/b11-10-. The monoisotopic (exact) mass is 226 g/mol. The summed E-state index contributed by atoms with van der Waals surface area (Å²) in [5, 5.41) is 0. The maximum Gasteiger partial charge on any atom is -0.0187 e. The summed E-state index contributed by atoms with van der Waals surface area (Å²) in [6, 6.07) is 10.6. The highest BCUT2D eigenvalue weighted by Gasteiger charge is 2.04. The number of benzene rings is 1. The first kappa shape index (κ1) is 13.5. The summed E-state index contributed by atoms with van der Waals surface area (Å²) in [6.07, 6.45) is 6.28. The minimum Gasteiger partial charge on any atom is -0.0961 e. The molecule has 0 fully saturated rings. The van der Waals surface area contributed by atoms with Crippen LogP contribution in [0.1, 0.15) is 38.2 Å². The van der Waals surface area contributed by atoms with E-state index in [4.69, 9.17) is 0 Å². The Bertz CT molecular complexity index is 395. The van der Waals surface area contributed by atoms with Crippen LogP contribution in [0, 0.1) is 0 Å². The van der Waals surface area contributed by atoms with Gasteiger partial charge in [-0.15, -0.1) is 0 Å². The summed E-state index contributed by atoms with van der Waals surface area (Å²) >= 11 is 0. The van der Waals surface area contributed by atoms with Crippen LogP contribution >= 0.6 is 0 Å². The van der Waals surface area contributed by atoms with Gasteiger partial charge in [0.15, 0.2) is 0 Å². The first-order valence-corrected chi connectivity index (χ1v) is 6.16. The fourth-order valence-electron chi connectivity index (χ4n) is 1.69. The number of allylic oxidation sites excluding steroid dienone is 4. The lowest BCUT2D eigenvalue weighted by Gasteiger charge is -2.11. The Morgan fingerprint density at radius 1 is 1.18 bits per heavy atom. The molecule has 0 aliphatic carbocycles. The predicted molar refractivity (Wildman–Crippen MR) is 77.2 cm³/mol. The molecule has 0 nitrogen and oxygen atoms in total. The Morgan fingerprint density at radius 3 is 2.41 bits per heavy atom. The van der Waals surface area contributed by atoms with Crippen molar-refractivity contribution in [3.63, 3.8) is 0 Å². The molecule has 0 radical (unpaired) electrons. The lowest BCUT2D eigenvalue weighted by atomic mass is 9.94. The van der Waals surface area contributed by atoms with Gasteiger partial charge >= 0.3 is 0 Å². The SMILES string of the molecule is C=C(C)/C=C\C(=C)CCC(C)c1ccccc1. The highest BCUT2D eigenvalue weighted by Crippen LogP contribution is 2.22. The molecule has 1 aromatic carbocycles. The fraction of sp³-hybridized carbons (Fsp3) is 0.294. The first-order valence-electron chi connectivity index (χ1n) is 6.16. The number of rotatable bonds is 6. The Morgan fingerprint density at radius 2 is 1.82 bits per heavy atom. The van der Waals surface area contributed by atoms with E-state index in [9.17, 15) is 0 Å². The molecule has 0 saturated carbocycles. The molecule has 0 saturated heterocycles. The zero-order valence-electron chi connectivity index (χ0n) is 10.9. The molecule has 0 heteroatoms. The number of hydrogen-bond donors (Lipinski definition) is 0. The van der Waals surface area contributed by atoms with Gasteiger partial charge in [-0.2, -0.15) is 0 Å². The van der Waals surface area contributed by atoms with Crippen molar-refractivity contribution >= 4 is 0 Å². The van der Waals surface area contributed by atoms with Crippen molar-refractivity contribution in [1.29, 1.82) is 0 Å². The van der Waals surface area contributed by atoms with Gasteiger partial charge in [0.2, 0.25) is 0 Å². The molecular weight excluding hydrogens is 204 g/mol. The van der Waals surface area contributed by atoms with Crippen LogP contribution in [0.4, 0.5) is 0 Å². The summed E-state index contributed by atoms with van der Waals surface area (Å²) in [5.41, 5.74) is 3.65. The Hall–Kier alpha value is -1.56. The van der Waals surface area contributed by atoms with Crippen molar-refractivity contribution in [3.8, 4) is 0 Å². The zero-order valence-corrected chi connectivity index (χ0v) is 10.9. The van der Waals surface area contributed by atoms with Crippen molar-refractivity contribution < 1.29 is 0 Å². The summed E-state index contributed by atoms with van der Waals surface area (Å²) in [5.74, 6) is 0.589. The van der Waals surface area contributed by atoms with Gasteiger partial charge in [0.05, 0.1) is 0 Å². The van der Waals surface area contributed by atoms with Gasteiger partial charge in [0, 0.05) is 0 Å². The number of hydrogen-bond acceptors (Lipinski definition) is 0. The maximum absolute atomic E-state index is 4.06. The van der Waals surface area contributed by atoms with Crippen LogP contribution in [0.2, 0.25) is 0 Å². The van der Waals surface area contributed by atoms with Gasteiger partial charge in [-0.25, -0.2) is 0 Å². The van der Waals surface area contributed by atoms with E-state index in [0.717, 1.165) is 18.4 Å². The van der Waals surface area contributed by atoms with E-state index in [0.29, 0.717) is 5.92 Å². The van der Waals surface area contributed by atoms with Crippen LogP contribution in [0.25, 0.3) is 0 Å². The third kappa shape index (κ3) is 5.35. The summed E-state index contributed by atoms with van der Waals surface area (Å²) in [7, 11) is 0. The highest BCUT2D eigenvalue weighted by atomic mass is 14.1. The van der Waals surface area contributed by atoms with E-state index in [1.807, 2.05) is 13.0 Å². The summed E-state index contributed by atoms with van der Waals surface area (Å²) < 4.78 is 0. The molecule has 17 heavy (non-hydrogen) atoms. The molecule has 0 aliphatic rings. The molecular formula is C17H22.